The minimum absolute atomic E-state index is 0.114. The number of benzene rings is 1. The van der Waals surface area contributed by atoms with Gasteiger partial charge in [0, 0.05) is 6.04 Å². The van der Waals surface area contributed by atoms with Crippen molar-refractivity contribution in [2.45, 2.75) is 52.5 Å². The molecule has 1 unspecified atom stereocenters. The average Bonchev–Trinajstić information content (AvgIpc) is 2.45. The molecule has 0 aliphatic carbocycles. The molecular formula is C17H25ClN2O. The molecule has 1 aromatic carbocycles. The highest BCUT2D eigenvalue weighted by Crippen LogP contribution is 2.30. The van der Waals surface area contributed by atoms with Gasteiger partial charge in [0.2, 0.25) is 0 Å². The van der Waals surface area contributed by atoms with Crippen molar-refractivity contribution in [1.29, 1.82) is 5.26 Å². The van der Waals surface area contributed by atoms with Crippen LogP contribution in [-0.4, -0.2) is 12.6 Å². The Bertz CT molecular complexity index is 494. The number of halogens is 1. The summed E-state index contributed by atoms with van der Waals surface area (Å²) in [5.74, 6) is 0.734. The Morgan fingerprint density at radius 2 is 2.14 bits per heavy atom. The quantitative estimate of drug-likeness (QED) is 0.727. The second kappa shape index (κ2) is 8.26. The maximum Gasteiger partial charge on any atom is 0.141 e. The molecule has 3 nitrogen and oxygen atoms in total. The van der Waals surface area contributed by atoms with E-state index in [0.29, 0.717) is 11.6 Å². The normalized spacial score (nSPS) is 12.8. The summed E-state index contributed by atoms with van der Waals surface area (Å²) in [5, 5.41) is 9.62. The minimum atomic E-state index is -0.308. The molecule has 0 radical (unpaired) electrons. The number of ether oxygens (including phenoxy) is 1. The molecule has 0 saturated carbocycles. The van der Waals surface area contributed by atoms with Crippen LogP contribution in [0.5, 0.6) is 5.75 Å². The van der Waals surface area contributed by atoms with Gasteiger partial charge >= 0.3 is 0 Å². The Kier molecular flexibility index (Phi) is 7.01. The molecule has 0 aromatic heterocycles. The zero-order valence-corrected chi connectivity index (χ0v) is 13.9. The molecule has 0 spiro atoms. The van der Waals surface area contributed by atoms with Gasteiger partial charge in [-0.25, -0.2) is 0 Å². The van der Waals surface area contributed by atoms with E-state index in [-0.39, 0.29) is 11.5 Å². The van der Waals surface area contributed by atoms with E-state index < -0.39 is 0 Å². The highest BCUT2D eigenvalue weighted by Gasteiger charge is 2.16. The maximum atomic E-state index is 9.00. The summed E-state index contributed by atoms with van der Waals surface area (Å²) in [5.41, 5.74) is 6.76. The fraction of sp³-hybridized carbons (Fsp3) is 0.588. The van der Waals surface area contributed by atoms with Crippen molar-refractivity contribution < 1.29 is 4.74 Å². The second-order valence-corrected chi connectivity index (χ2v) is 6.46. The van der Waals surface area contributed by atoms with Gasteiger partial charge in [-0.3, -0.25) is 0 Å². The summed E-state index contributed by atoms with van der Waals surface area (Å²) in [6.45, 7) is 6.51. The highest BCUT2D eigenvalue weighted by atomic mass is 35.5. The zero-order valence-electron chi connectivity index (χ0n) is 13.2. The van der Waals surface area contributed by atoms with Gasteiger partial charge in [-0.2, -0.15) is 5.26 Å². The number of hydrogen-bond acceptors (Lipinski definition) is 3. The molecule has 0 aliphatic rings. The van der Waals surface area contributed by atoms with Gasteiger partial charge in [-0.15, -0.1) is 0 Å². The first-order valence-electron chi connectivity index (χ1n) is 7.46. The van der Waals surface area contributed by atoms with Crippen LogP contribution in [0.25, 0.3) is 0 Å². The highest BCUT2D eigenvalue weighted by molar-refractivity contribution is 6.32. The van der Waals surface area contributed by atoms with Crippen molar-refractivity contribution in [2.75, 3.05) is 6.61 Å². The van der Waals surface area contributed by atoms with Gasteiger partial charge in [0.15, 0.2) is 0 Å². The van der Waals surface area contributed by atoms with Crippen LogP contribution in [0.3, 0.4) is 0 Å². The molecule has 4 heteroatoms. The van der Waals surface area contributed by atoms with Crippen molar-refractivity contribution in [3.63, 3.8) is 0 Å². The Morgan fingerprint density at radius 1 is 1.43 bits per heavy atom. The van der Waals surface area contributed by atoms with Crippen LogP contribution in [0.2, 0.25) is 5.02 Å². The van der Waals surface area contributed by atoms with E-state index in [1.54, 1.807) is 0 Å². The molecule has 0 heterocycles. The van der Waals surface area contributed by atoms with Gasteiger partial charge in [-0.05, 0) is 51.2 Å². The largest absolute Gasteiger partial charge is 0.492 e. The number of nitrogens with two attached hydrogens (primary N) is 1. The summed E-state index contributed by atoms with van der Waals surface area (Å²) < 4.78 is 5.86. The van der Waals surface area contributed by atoms with Crippen LogP contribution in [-0.2, 0) is 6.42 Å². The first-order chi connectivity index (χ1) is 9.89. The van der Waals surface area contributed by atoms with Gasteiger partial charge in [0.1, 0.15) is 5.75 Å². The Morgan fingerprint density at radius 3 is 2.76 bits per heavy atom. The van der Waals surface area contributed by atoms with Crippen molar-refractivity contribution >= 4 is 11.6 Å². The lowest BCUT2D eigenvalue weighted by Gasteiger charge is -2.17. The fourth-order valence-corrected chi connectivity index (χ4v) is 2.30. The van der Waals surface area contributed by atoms with Crippen LogP contribution in [0.1, 0.15) is 45.6 Å². The smallest absolute Gasteiger partial charge is 0.141 e. The van der Waals surface area contributed by atoms with Crippen LogP contribution in [0, 0.1) is 16.7 Å². The fourth-order valence-electron chi connectivity index (χ4n) is 2.05. The number of nitriles is 1. The van der Waals surface area contributed by atoms with E-state index in [1.165, 1.54) is 0 Å². The molecule has 0 amide bonds. The lowest BCUT2D eigenvalue weighted by Crippen LogP contribution is -2.22. The molecule has 1 rings (SSSR count). The lowest BCUT2D eigenvalue weighted by molar-refractivity contribution is 0.281. The van der Waals surface area contributed by atoms with E-state index in [4.69, 9.17) is 27.3 Å². The zero-order chi connectivity index (χ0) is 15.9. The third-order valence-electron chi connectivity index (χ3n) is 3.55. The van der Waals surface area contributed by atoms with Crippen LogP contribution in [0.4, 0.5) is 0 Å². The monoisotopic (exact) mass is 308 g/mol. The topological polar surface area (TPSA) is 59.0 Å². The number of para-hydroxylation sites is 1. The van der Waals surface area contributed by atoms with Crippen molar-refractivity contribution in [3.8, 4) is 11.8 Å². The summed E-state index contributed by atoms with van der Waals surface area (Å²) >= 11 is 6.23. The Balaban J connectivity index is 2.64. The van der Waals surface area contributed by atoms with Gasteiger partial charge in [0.05, 0.1) is 23.1 Å². The standard InChI is InChI=1S/C17H25ClN2O/c1-4-14(20)11-13-7-5-8-15(18)16(13)21-10-6-9-17(2,3)12-19/h5,7-8,14H,4,6,9-11,20H2,1-3H3. The SMILES string of the molecule is CCC(N)Cc1cccc(Cl)c1OCCCC(C)(C)C#N. The van der Waals surface area contributed by atoms with Gasteiger partial charge in [-0.1, -0.05) is 30.7 Å². The number of nitrogens with zero attached hydrogens (tertiary/aromatic N) is 1. The molecule has 0 saturated heterocycles. The predicted molar refractivity (Wildman–Crippen MR) is 87.5 cm³/mol. The van der Waals surface area contributed by atoms with Crippen molar-refractivity contribution in [1.82, 2.24) is 0 Å². The van der Waals surface area contributed by atoms with E-state index in [0.717, 1.165) is 37.0 Å². The summed E-state index contributed by atoms with van der Waals surface area (Å²) in [6, 6.07) is 8.18. The minimum Gasteiger partial charge on any atom is -0.492 e. The maximum absolute atomic E-state index is 9.00. The molecule has 1 atom stereocenters. The molecule has 0 fully saturated rings. The number of rotatable bonds is 8. The van der Waals surface area contributed by atoms with E-state index in [1.807, 2.05) is 32.0 Å². The third kappa shape index (κ3) is 5.95. The van der Waals surface area contributed by atoms with E-state index >= 15 is 0 Å². The molecule has 116 valence electrons. The average molecular weight is 309 g/mol. The summed E-state index contributed by atoms with van der Waals surface area (Å²) in [7, 11) is 0. The molecule has 21 heavy (non-hydrogen) atoms. The molecule has 0 aliphatic heterocycles. The van der Waals surface area contributed by atoms with Crippen molar-refractivity contribution in [2.24, 2.45) is 11.1 Å². The van der Waals surface area contributed by atoms with E-state index in [9.17, 15) is 0 Å². The first kappa shape index (κ1) is 17.8. The van der Waals surface area contributed by atoms with Gasteiger partial charge < -0.3 is 10.5 Å². The molecular weight excluding hydrogens is 284 g/mol. The lowest BCUT2D eigenvalue weighted by atomic mass is 9.90. The van der Waals surface area contributed by atoms with Gasteiger partial charge in [0.25, 0.3) is 0 Å². The van der Waals surface area contributed by atoms with Crippen LogP contribution < -0.4 is 10.5 Å². The van der Waals surface area contributed by atoms with E-state index in [2.05, 4.69) is 13.0 Å². The predicted octanol–water partition coefficient (Wildman–Crippen LogP) is 4.33. The summed E-state index contributed by atoms with van der Waals surface area (Å²) in [4.78, 5) is 0. The van der Waals surface area contributed by atoms with Crippen molar-refractivity contribution in [3.05, 3.63) is 28.8 Å². The Hall–Kier alpha value is -1.24. The molecule has 1 aromatic rings. The van der Waals surface area contributed by atoms with Crippen LogP contribution >= 0.6 is 11.6 Å². The van der Waals surface area contributed by atoms with Crippen LogP contribution in [0.15, 0.2) is 18.2 Å². The first-order valence-corrected chi connectivity index (χ1v) is 7.84. The third-order valence-corrected chi connectivity index (χ3v) is 3.85. The molecule has 0 bridgehead atoms. The second-order valence-electron chi connectivity index (χ2n) is 6.05. The summed E-state index contributed by atoms with van der Waals surface area (Å²) in [6.07, 6.45) is 3.31. The molecule has 2 N–H and O–H groups in total. The Labute approximate surface area is 133 Å². The number of hydrogen-bond donors (Lipinski definition) is 1.